The van der Waals surface area contributed by atoms with Crippen LogP contribution in [0.15, 0.2) is 0 Å². The molecule has 0 amide bonds. The third kappa shape index (κ3) is 4.86. The lowest BCUT2D eigenvalue weighted by Gasteiger charge is -2.18. The summed E-state index contributed by atoms with van der Waals surface area (Å²) in [6.07, 6.45) is 2.30. The Balaban J connectivity index is 2.83. The average Bonchev–Trinajstić information content (AvgIpc) is 2.79. The van der Waals surface area contributed by atoms with Gasteiger partial charge in [0.1, 0.15) is 11.1 Å². The number of thiazole rings is 1. The second kappa shape index (κ2) is 8.67. The van der Waals surface area contributed by atoms with Gasteiger partial charge in [-0.05, 0) is 32.2 Å². The van der Waals surface area contributed by atoms with Gasteiger partial charge in [-0.3, -0.25) is 0 Å². The van der Waals surface area contributed by atoms with E-state index in [1.165, 1.54) is 17.0 Å². The molecule has 1 aromatic rings. The first-order valence-corrected chi connectivity index (χ1v) is 8.26. The van der Waals surface area contributed by atoms with Gasteiger partial charge in [-0.1, -0.05) is 27.7 Å². The van der Waals surface area contributed by atoms with E-state index in [1.54, 1.807) is 0 Å². The van der Waals surface area contributed by atoms with Gasteiger partial charge in [0, 0.05) is 18.0 Å². The van der Waals surface area contributed by atoms with Crippen molar-refractivity contribution in [2.45, 2.75) is 60.1 Å². The maximum Gasteiger partial charge on any atom is 0.122 e. The van der Waals surface area contributed by atoms with E-state index in [-0.39, 0.29) is 6.10 Å². The predicted molar refractivity (Wildman–Crippen MR) is 82.7 cm³/mol. The summed E-state index contributed by atoms with van der Waals surface area (Å²) in [6.45, 7) is 13.6. The molecule has 0 aliphatic carbocycles. The molecule has 1 aromatic heterocycles. The fourth-order valence-electron chi connectivity index (χ4n) is 2.05. The number of aromatic nitrogens is 1. The zero-order valence-electron chi connectivity index (χ0n) is 13.0. The molecule has 1 heterocycles. The lowest BCUT2D eigenvalue weighted by Crippen LogP contribution is -2.13. The molecule has 0 aliphatic rings. The lowest BCUT2D eigenvalue weighted by atomic mass is 10.1. The van der Waals surface area contributed by atoms with Gasteiger partial charge in [-0.25, -0.2) is 4.98 Å². The van der Waals surface area contributed by atoms with Crippen molar-refractivity contribution in [2.75, 3.05) is 13.2 Å². The largest absolute Gasteiger partial charge is 0.371 e. The Hall–Kier alpha value is -0.450. The fraction of sp³-hybridized carbons (Fsp3) is 0.800. The van der Waals surface area contributed by atoms with Crippen molar-refractivity contribution < 1.29 is 4.74 Å². The number of ether oxygens (including phenoxy) is 1. The van der Waals surface area contributed by atoms with Gasteiger partial charge in [0.15, 0.2) is 0 Å². The first kappa shape index (κ1) is 16.6. The molecule has 0 aliphatic heterocycles. The van der Waals surface area contributed by atoms with Gasteiger partial charge in [-0.2, -0.15) is 0 Å². The molecule has 1 N–H and O–H groups in total. The van der Waals surface area contributed by atoms with Gasteiger partial charge in [-0.15, -0.1) is 11.3 Å². The van der Waals surface area contributed by atoms with E-state index in [0.29, 0.717) is 5.92 Å². The SMILES string of the molecule is CCCNCc1sc(C(OCC)C(C)C)nc1CC. The molecule has 0 aromatic carbocycles. The monoisotopic (exact) mass is 284 g/mol. The molecule has 1 unspecified atom stereocenters. The number of hydrogen-bond donors (Lipinski definition) is 1. The van der Waals surface area contributed by atoms with Crippen LogP contribution >= 0.6 is 11.3 Å². The Kier molecular flexibility index (Phi) is 7.57. The molecule has 19 heavy (non-hydrogen) atoms. The molecule has 0 bridgehead atoms. The summed E-state index contributed by atoms with van der Waals surface area (Å²) >= 11 is 1.81. The van der Waals surface area contributed by atoms with Gasteiger partial charge >= 0.3 is 0 Å². The van der Waals surface area contributed by atoms with E-state index < -0.39 is 0 Å². The zero-order valence-corrected chi connectivity index (χ0v) is 13.8. The van der Waals surface area contributed by atoms with E-state index in [9.17, 15) is 0 Å². The van der Waals surface area contributed by atoms with Crippen molar-refractivity contribution in [2.24, 2.45) is 5.92 Å². The van der Waals surface area contributed by atoms with Crippen LogP contribution in [0.4, 0.5) is 0 Å². The molecule has 4 heteroatoms. The lowest BCUT2D eigenvalue weighted by molar-refractivity contribution is 0.0292. The van der Waals surface area contributed by atoms with Crippen LogP contribution in [0.25, 0.3) is 0 Å². The van der Waals surface area contributed by atoms with Crippen molar-refractivity contribution in [3.63, 3.8) is 0 Å². The van der Waals surface area contributed by atoms with Gasteiger partial charge < -0.3 is 10.1 Å². The molecule has 0 spiro atoms. The summed E-state index contributed by atoms with van der Waals surface area (Å²) in [6, 6.07) is 0. The predicted octanol–water partition coefficient (Wildman–Crippen LogP) is 3.94. The molecule has 0 saturated heterocycles. The highest BCUT2D eigenvalue weighted by molar-refractivity contribution is 7.11. The third-order valence-electron chi connectivity index (χ3n) is 3.04. The Morgan fingerprint density at radius 2 is 2.00 bits per heavy atom. The number of rotatable bonds is 9. The molecule has 1 atom stereocenters. The van der Waals surface area contributed by atoms with Crippen LogP contribution in [-0.4, -0.2) is 18.1 Å². The third-order valence-corrected chi connectivity index (χ3v) is 4.20. The first-order chi connectivity index (χ1) is 9.13. The minimum absolute atomic E-state index is 0.139. The molecule has 0 fully saturated rings. The normalized spacial score (nSPS) is 13.2. The van der Waals surface area contributed by atoms with Crippen LogP contribution < -0.4 is 5.32 Å². The van der Waals surface area contributed by atoms with Crippen molar-refractivity contribution in [3.8, 4) is 0 Å². The molecule has 1 rings (SSSR count). The minimum Gasteiger partial charge on any atom is -0.371 e. The van der Waals surface area contributed by atoms with E-state index >= 15 is 0 Å². The Bertz CT molecular complexity index is 363. The number of nitrogens with zero attached hydrogens (tertiary/aromatic N) is 1. The van der Waals surface area contributed by atoms with Crippen molar-refractivity contribution in [3.05, 3.63) is 15.6 Å². The van der Waals surface area contributed by atoms with Crippen LogP contribution in [0.3, 0.4) is 0 Å². The highest BCUT2D eigenvalue weighted by Crippen LogP contribution is 2.31. The Morgan fingerprint density at radius 3 is 2.53 bits per heavy atom. The van der Waals surface area contributed by atoms with Crippen molar-refractivity contribution >= 4 is 11.3 Å². The summed E-state index contributed by atoms with van der Waals surface area (Å²) in [5, 5.41) is 4.61. The molecule has 110 valence electrons. The van der Waals surface area contributed by atoms with Gasteiger partial charge in [0.25, 0.3) is 0 Å². The zero-order chi connectivity index (χ0) is 14.3. The van der Waals surface area contributed by atoms with Crippen LogP contribution in [0.2, 0.25) is 0 Å². The highest BCUT2D eigenvalue weighted by Gasteiger charge is 2.21. The Morgan fingerprint density at radius 1 is 1.26 bits per heavy atom. The summed E-state index contributed by atoms with van der Waals surface area (Å²) in [5.74, 6) is 0.465. The van der Waals surface area contributed by atoms with Crippen LogP contribution in [0.5, 0.6) is 0 Å². The summed E-state index contributed by atoms with van der Waals surface area (Å²) in [4.78, 5) is 6.17. The number of hydrogen-bond acceptors (Lipinski definition) is 4. The minimum atomic E-state index is 0.139. The molecular weight excluding hydrogens is 256 g/mol. The Labute approximate surface area is 121 Å². The summed E-state index contributed by atoms with van der Waals surface area (Å²) < 4.78 is 5.86. The summed E-state index contributed by atoms with van der Waals surface area (Å²) in [7, 11) is 0. The molecule has 3 nitrogen and oxygen atoms in total. The maximum absolute atomic E-state index is 5.86. The van der Waals surface area contributed by atoms with Crippen LogP contribution in [-0.2, 0) is 17.7 Å². The first-order valence-electron chi connectivity index (χ1n) is 7.44. The van der Waals surface area contributed by atoms with Crippen molar-refractivity contribution in [1.29, 1.82) is 0 Å². The molecule has 0 radical (unpaired) electrons. The average molecular weight is 284 g/mol. The fourth-order valence-corrected chi connectivity index (χ4v) is 3.39. The van der Waals surface area contributed by atoms with Crippen LogP contribution in [0.1, 0.15) is 62.7 Å². The quantitative estimate of drug-likeness (QED) is 0.697. The van der Waals surface area contributed by atoms with Crippen LogP contribution in [0, 0.1) is 5.92 Å². The standard InChI is InChI=1S/C15H28N2OS/c1-6-9-16-10-13-12(7-2)17-15(19-13)14(11(4)5)18-8-3/h11,14,16H,6-10H2,1-5H3. The number of aryl methyl sites for hydroxylation is 1. The van der Waals surface area contributed by atoms with Crippen molar-refractivity contribution in [1.82, 2.24) is 10.3 Å². The topological polar surface area (TPSA) is 34.1 Å². The molecular formula is C15H28N2OS. The van der Waals surface area contributed by atoms with E-state index in [0.717, 1.165) is 31.1 Å². The molecule has 0 saturated carbocycles. The second-order valence-electron chi connectivity index (χ2n) is 5.07. The van der Waals surface area contributed by atoms with Gasteiger partial charge in [0.2, 0.25) is 0 Å². The maximum atomic E-state index is 5.86. The smallest absolute Gasteiger partial charge is 0.122 e. The van der Waals surface area contributed by atoms with E-state index in [4.69, 9.17) is 9.72 Å². The van der Waals surface area contributed by atoms with E-state index in [1.807, 2.05) is 18.3 Å². The second-order valence-corrected chi connectivity index (χ2v) is 6.19. The van der Waals surface area contributed by atoms with E-state index in [2.05, 4.69) is 33.0 Å². The van der Waals surface area contributed by atoms with Gasteiger partial charge in [0.05, 0.1) is 5.69 Å². The number of nitrogens with one attached hydrogen (secondary N) is 1. The summed E-state index contributed by atoms with van der Waals surface area (Å²) in [5.41, 5.74) is 1.23. The highest BCUT2D eigenvalue weighted by atomic mass is 32.1.